The van der Waals surface area contributed by atoms with E-state index in [0.717, 1.165) is 74.1 Å². The van der Waals surface area contributed by atoms with E-state index in [2.05, 4.69) is 230 Å². The van der Waals surface area contributed by atoms with Gasteiger partial charge in [0.05, 0.1) is 28.5 Å². The standard InChI is InChI=1S/C55H54N6/c1-35-11-19-43(20-12-35)58(44-21-13-36(2)14-22-44)47-27-29-52-49(33-47)55(9,10)50-34-48(59(45-23-15-37(3)16-24-45)46-25-17-38(4)18-26-46)28-30-53(50)60(52)51-31-32-54(56-41(51)7)61-42(8)39(5)40(6)57-61/h11-34H,1-10H3. The largest absolute Gasteiger partial charge is 0.310 e. The normalized spacial score (nSPS) is 12.9. The lowest BCUT2D eigenvalue weighted by Crippen LogP contribution is -2.31. The lowest BCUT2D eigenvalue weighted by molar-refractivity contribution is 0.632. The van der Waals surface area contributed by atoms with Crippen molar-refractivity contribution in [3.63, 3.8) is 0 Å². The average Bonchev–Trinajstić information content (AvgIpc) is 3.51. The SMILES string of the molecule is Cc1ccc(N(c2ccc(C)cc2)c2ccc3c(c2)C(C)(C)c2cc(N(c4ccc(C)cc4)c4ccc(C)cc4)ccc2N3c2ccc(-n3nc(C)c(C)c3C)nc2C)cc1. The summed E-state index contributed by atoms with van der Waals surface area (Å²) >= 11 is 0. The van der Waals surface area contributed by atoms with Crippen molar-refractivity contribution in [1.29, 1.82) is 0 Å². The van der Waals surface area contributed by atoms with E-state index in [1.54, 1.807) is 0 Å². The van der Waals surface area contributed by atoms with Crippen LogP contribution in [0.1, 0.15) is 69.9 Å². The molecule has 0 aliphatic carbocycles. The van der Waals surface area contributed by atoms with Crippen LogP contribution in [0.15, 0.2) is 146 Å². The number of hydrogen-bond donors (Lipinski definition) is 0. The molecule has 0 unspecified atom stereocenters. The molecule has 2 aromatic heterocycles. The molecule has 3 heterocycles. The van der Waals surface area contributed by atoms with Crippen molar-refractivity contribution >= 4 is 51.2 Å². The van der Waals surface area contributed by atoms with Crippen LogP contribution in [0.3, 0.4) is 0 Å². The third kappa shape index (κ3) is 7.06. The fourth-order valence-corrected chi connectivity index (χ4v) is 8.76. The minimum absolute atomic E-state index is 0.395. The maximum atomic E-state index is 5.24. The highest BCUT2D eigenvalue weighted by Crippen LogP contribution is 2.55. The Labute approximate surface area is 361 Å². The van der Waals surface area contributed by atoms with Crippen LogP contribution in [-0.2, 0) is 5.41 Å². The highest BCUT2D eigenvalue weighted by Gasteiger charge is 2.39. The predicted molar refractivity (Wildman–Crippen MR) is 255 cm³/mol. The highest BCUT2D eigenvalue weighted by molar-refractivity contribution is 5.91. The first-order valence-electron chi connectivity index (χ1n) is 21.3. The first kappa shape index (κ1) is 39.5. The molecule has 0 saturated heterocycles. The van der Waals surface area contributed by atoms with Gasteiger partial charge in [0.1, 0.15) is 0 Å². The Kier molecular flexibility index (Phi) is 9.90. The van der Waals surface area contributed by atoms with Gasteiger partial charge in [0, 0.05) is 45.2 Å². The second-order valence-corrected chi connectivity index (χ2v) is 17.4. The second kappa shape index (κ2) is 15.3. The molecule has 1 aliphatic heterocycles. The van der Waals surface area contributed by atoms with Crippen LogP contribution in [0.2, 0.25) is 0 Å². The zero-order valence-corrected chi connectivity index (χ0v) is 37.0. The van der Waals surface area contributed by atoms with Gasteiger partial charge in [-0.05, 0) is 169 Å². The van der Waals surface area contributed by atoms with Gasteiger partial charge in [0.2, 0.25) is 0 Å². The molecular weight excluding hydrogens is 745 g/mol. The summed E-state index contributed by atoms with van der Waals surface area (Å²) < 4.78 is 1.97. The minimum Gasteiger partial charge on any atom is -0.310 e. The summed E-state index contributed by atoms with van der Waals surface area (Å²) in [6.45, 7) is 21.7. The summed E-state index contributed by atoms with van der Waals surface area (Å²) in [6, 6.07) is 53.6. The molecule has 0 bridgehead atoms. The molecule has 6 heteroatoms. The van der Waals surface area contributed by atoms with E-state index in [0.29, 0.717) is 0 Å². The fourth-order valence-electron chi connectivity index (χ4n) is 8.76. The maximum absolute atomic E-state index is 5.24. The van der Waals surface area contributed by atoms with Gasteiger partial charge in [-0.15, -0.1) is 0 Å². The molecule has 0 spiro atoms. The van der Waals surface area contributed by atoms with E-state index < -0.39 is 5.41 Å². The van der Waals surface area contributed by atoms with E-state index in [-0.39, 0.29) is 0 Å². The summed E-state index contributed by atoms with van der Waals surface area (Å²) in [7, 11) is 0. The highest BCUT2D eigenvalue weighted by atomic mass is 15.3. The van der Waals surface area contributed by atoms with Crippen LogP contribution >= 0.6 is 0 Å². The Bertz CT molecular complexity index is 2660. The Hall–Kier alpha value is -6.92. The molecule has 6 aromatic carbocycles. The number of nitrogens with zero attached hydrogens (tertiary/aromatic N) is 6. The van der Waals surface area contributed by atoms with E-state index in [1.807, 2.05) is 4.68 Å². The third-order valence-electron chi connectivity index (χ3n) is 12.6. The van der Waals surface area contributed by atoms with Crippen LogP contribution in [0.25, 0.3) is 5.82 Å². The first-order valence-corrected chi connectivity index (χ1v) is 21.3. The lowest BCUT2D eigenvalue weighted by Gasteiger charge is -2.43. The molecular formula is C55H54N6. The molecule has 0 fully saturated rings. The summed E-state index contributed by atoms with van der Waals surface area (Å²) in [5.41, 5.74) is 21.2. The lowest BCUT2D eigenvalue weighted by atomic mass is 9.73. The van der Waals surface area contributed by atoms with Gasteiger partial charge >= 0.3 is 0 Å². The van der Waals surface area contributed by atoms with Crippen LogP contribution < -0.4 is 14.7 Å². The monoisotopic (exact) mass is 798 g/mol. The van der Waals surface area contributed by atoms with E-state index in [1.165, 1.54) is 38.9 Å². The number of fused-ring (bicyclic) bond motifs is 2. The van der Waals surface area contributed by atoms with Crippen LogP contribution in [0.4, 0.5) is 51.2 Å². The van der Waals surface area contributed by atoms with Gasteiger partial charge in [0.25, 0.3) is 0 Å². The van der Waals surface area contributed by atoms with Gasteiger partial charge in [-0.2, -0.15) is 5.10 Å². The number of benzene rings is 6. The average molecular weight is 799 g/mol. The van der Waals surface area contributed by atoms with Crippen molar-refractivity contribution in [3.05, 3.63) is 202 Å². The number of hydrogen-bond acceptors (Lipinski definition) is 5. The van der Waals surface area contributed by atoms with Crippen molar-refractivity contribution in [1.82, 2.24) is 14.8 Å². The van der Waals surface area contributed by atoms with Crippen LogP contribution in [-0.4, -0.2) is 14.8 Å². The van der Waals surface area contributed by atoms with Gasteiger partial charge < -0.3 is 14.7 Å². The number of rotatable bonds is 8. The number of aromatic nitrogens is 3. The zero-order chi connectivity index (χ0) is 42.7. The molecule has 304 valence electrons. The quantitative estimate of drug-likeness (QED) is 0.153. The zero-order valence-electron chi connectivity index (χ0n) is 37.0. The predicted octanol–water partition coefficient (Wildman–Crippen LogP) is 14.8. The summed E-state index contributed by atoms with van der Waals surface area (Å²) in [5.74, 6) is 0.817. The molecule has 0 radical (unpaired) electrons. The van der Waals surface area contributed by atoms with E-state index in [4.69, 9.17) is 10.1 Å². The molecule has 6 nitrogen and oxygen atoms in total. The number of anilines is 9. The molecule has 1 aliphatic rings. The fraction of sp³-hybridized carbons (Fsp3) is 0.200. The molecule has 9 rings (SSSR count). The molecule has 0 amide bonds. The van der Waals surface area contributed by atoms with Gasteiger partial charge in [-0.3, -0.25) is 0 Å². The Morgan fingerprint density at radius 2 is 0.770 bits per heavy atom. The second-order valence-electron chi connectivity index (χ2n) is 17.4. The van der Waals surface area contributed by atoms with Gasteiger partial charge in [-0.25, -0.2) is 9.67 Å². The van der Waals surface area contributed by atoms with Crippen molar-refractivity contribution in [2.45, 2.75) is 74.7 Å². The Morgan fingerprint density at radius 3 is 1.11 bits per heavy atom. The van der Waals surface area contributed by atoms with Crippen LogP contribution in [0.5, 0.6) is 0 Å². The van der Waals surface area contributed by atoms with Crippen molar-refractivity contribution < 1.29 is 0 Å². The Morgan fingerprint density at radius 1 is 0.410 bits per heavy atom. The molecule has 0 N–H and O–H groups in total. The van der Waals surface area contributed by atoms with Gasteiger partial charge in [0.15, 0.2) is 5.82 Å². The maximum Gasteiger partial charge on any atom is 0.154 e. The smallest absolute Gasteiger partial charge is 0.154 e. The molecule has 0 atom stereocenters. The third-order valence-corrected chi connectivity index (χ3v) is 12.6. The van der Waals surface area contributed by atoms with Crippen molar-refractivity contribution in [2.24, 2.45) is 0 Å². The van der Waals surface area contributed by atoms with E-state index >= 15 is 0 Å². The number of pyridine rings is 1. The molecule has 0 saturated carbocycles. The summed E-state index contributed by atoms with van der Waals surface area (Å²) in [4.78, 5) is 12.4. The van der Waals surface area contributed by atoms with Crippen molar-refractivity contribution in [3.8, 4) is 5.82 Å². The molecule has 8 aromatic rings. The number of aryl methyl sites for hydroxylation is 6. The minimum atomic E-state index is -0.395. The van der Waals surface area contributed by atoms with Crippen molar-refractivity contribution in [2.75, 3.05) is 14.7 Å². The topological polar surface area (TPSA) is 40.4 Å². The summed E-state index contributed by atoms with van der Waals surface area (Å²) in [6.07, 6.45) is 0. The Balaban J connectivity index is 1.26. The summed E-state index contributed by atoms with van der Waals surface area (Å²) in [5, 5.41) is 4.86. The van der Waals surface area contributed by atoms with Gasteiger partial charge in [-0.1, -0.05) is 84.6 Å². The van der Waals surface area contributed by atoms with Crippen LogP contribution in [0, 0.1) is 55.4 Å². The van der Waals surface area contributed by atoms with E-state index in [9.17, 15) is 0 Å². The molecule has 61 heavy (non-hydrogen) atoms. The first-order chi connectivity index (χ1) is 29.3.